The van der Waals surface area contributed by atoms with E-state index in [4.69, 9.17) is 4.74 Å². The van der Waals surface area contributed by atoms with E-state index in [1.54, 1.807) is 26.0 Å². The fourth-order valence-electron chi connectivity index (χ4n) is 1.89. The first-order valence-corrected chi connectivity index (χ1v) is 6.48. The van der Waals surface area contributed by atoms with Gasteiger partial charge in [0.1, 0.15) is 5.60 Å². The fraction of sp³-hybridized carbons (Fsp3) is 0.250. The predicted molar refractivity (Wildman–Crippen MR) is 80.6 cm³/mol. The molecular weight excluding hydrogens is 270 g/mol. The van der Waals surface area contributed by atoms with E-state index in [1.807, 2.05) is 24.3 Å². The van der Waals surface area contributed by atoms with Crippen molar-refractivity contribution in [2.75, 3.05) is 12.4 Å². The minimum Gasteiger partial charge on any atom is -0.478 e. The number of rotatable bonds is 4. The summed E-state index contributed by atoms with van der Waals surface area (Å²) in [5, 5.41) is 13.6. The van der Waals surface area contributed by atoms with E-state index in [9.17, 15) is 14.7 Å². The third-order valence-corrected chi connectivity index (χ3v) is 3.42. The van der Waals surface area contributed by atoms with Gasteiger partial charge in [-0.3, -0.25) is 4.79 Å². The molecule has 0 fully saturated rings. The number of anilines is 1. The van der Waals surface area contributed by atoms with Crippen LogP contribution in [0.1, 0.15) is 24.2 Å². The predicted octanol–water partition coefficient (Wildman–Crippen LogP) is 2.90. The second-order valence-corrected chi connectivity index (χ2v) is 5.22. The zero-order valence-corrected chi connectivity index (χ0v) is 12.1. The Morgan fingerprint density at radius 2 is 1.71 bits per heavy atom. The summed E-state index contributed by atoms with van der Waals surface area (Å²) < 4.78 is 5.10. The van der Waals surface area contributed by atoms with E-state index in [-0.39, 0.29) is 11.3 Å². The Morgan fingerprint density at radius 3 is 2.24 bits per heavy atom. The van der Waals surface area contributed by atoms with Crippen molar-refractivity contribution >= 4 is 28.3 Å². The number of methoxy groups -OCH3 is 1. The molecule has 0 saturated carbocycles. The number of carbonyl (C=O) groups is 2. The van der Waals surface area contributed by atoms with E-state index < -0.39 is 17.5 Å². The molecule has 0 aromatic heterocycles. The van der Waals surface area contributed by atoms with Gasteiger partial charge in [0, 0.05) is 7.11 Å². The van der Waals surface area contributed by atoms with Gasteiger partial charge < -0.3 is 15.2 Å². The standard InChI is InChI=1S/C16H17NO4/c1-16(2,21-3)15(20)17-13-9-11-7-5-4-6-10(11)8-12(13)14(18)19/h4-9H,1-3H3,(H,17,20)(H,18,19). The maximum Gasteiger partial charge on any atom is 0.337 e. The molecule has 0 spiro atoms. The van der Waals surface area contributed by atoms with Crippen molar-refractivity contribution < 1.29 is 19.4 Å². The number of hydrogen-bond acceptors (Lipinski definition) is 3. The van der Waals surface area contributed by atoms with Gasteiger partial charge in [-0.05, 0) is 36.8 Å². The molecule has 5 nitrogen and oxygen atoms in total. The molecule has 0 heterocycles. The lowest BCUT2D eigenvalue weighted by Crippen LogP contribution is -2.39. The summed E-state index contributed by atoms with van der Waals surface area (Å²) in [4.78, 5) is 23.5. The Labute approximate surface area is 122 Å². The van der Waals surface area contributed by atoms with Gasteiger partial charge in [0.15, 0.2) is 0 Å². The summed E-state index contributed by atoms with van der Waals surface area (Å²) in [6, 6.07) is 10.6. The first kappa shape index (κ1) is 15.0. The summed E-state index contributed by atoms with van der Waals surface area (Å²) in [5.74, 6) is -1.49. The van der Waals surface area contributed by atoms with E-state index in [1.165, 1.54) is 7.11 Å². The highest BCUT2D eigenvalue weighted by Gasteiger charge is 2.28. The van der Waals surface area contributed by atoms with Gasteiger partial charge in [0.05, 0.1) is 11.3 Å². The van der Waals surface area contributed by atoms with Crippen LogP contribution < -0.4 is 5.32 Å². The first-order valence-electron chi connectivity index (χ1n) is 6.48. The number of ether oxygens (including phenoxy) is 1. The van der Waals surface area contributed by atoms with E-state index >= 15 is 0 Å². The number of benzene rings is 2. The Hall–Kier alpha value is -2.40. The molecule has 0 aliphatic carbocycles. The highest BCUT2D eigenvalue weighted by molar-refractivity contribution is 6.06. The minimum atomic E-state index is -1.09. The maximum absolute atomic E-state index is 12.1. The molecule has 0 radical (unpaired) electrons. The van der Waals surface area contributed by atoms with E-state index in [2.05, 4.69) is 5.32 Å². The first-order chi connectivity index (χ1) is 9.85. The number of carboxylic acid groups (broad SMARTS) is 1. The monoisotopic (exact) mass is 287 g/mol. The zero-order valence-electron chi connectivity index (χ0n) is 12.1. The Bertz CT molecular complexity index is 706. The summed E-state index contributed by atoms with van der Waals surface area (Å²) >= 11 is 0. The topological polar surface area (TPSA) is 75.6 Å². The Kier molecular flexibility index (Phi) is 3.95. The quantitative estimate of drug-likeness (QED) is 0.906. The summed E-state index contributed by atoms with van der Waals surface area (Å²) in [7, 11) is 1.43. The molecule has 0 aliphatic rings. The van der Waals surface area contributed by atoms with E-state index in [0.717, 1.165) is 10.8 Å². The molecular formula is C16H17NO4. The largest absolute Gasteiger partial charge is 0.478 e. The number of carbonyl (C=O) groups excluding carboxylic acids is 1. The number of amides is 1. The smallest absolute Gasteiger partial charge is 0.337 e. The van der Waals surface area contributed by atoms with Crippen LogP contribution in [-0.4, -0.2) is 29.7 Å². The van der Waals surface area contributed by atoms with Crippen molar-refractivity contribution in [2.45, 2.75) is 19.4 Å². The zero-order chi connectivity index (χ0) is 15.6. The number of carboxylic acids is 1. The van der Waals surface area contributed by atoms with Crippen molar-refractivity contribution in [2.24, 2.45) is 0 Å². The van der Waals surface area contributed by atoms with Gasteiger partial charge in [0.25, 0.3) is 5.91 Å². The van der Waals surface area contributed by atoms with Crippen LogP contribution in [0.2, 0.25) is 0 Å². The van der Waals surface area contributed by atoms with Gasteiger partial charge in [0.2, 0.25) is 0 Å². The minimum absolute atomic E-state index is 0.0500. The van der Waals surface area contributed by atoms with Crippen molar-refractivity contribution in [1.29, 1.82) is 0 Å². The molecule has 2 aromatic rings. The average molecular weight is 287 g/mol. The summed E-state index contributed by atoms with van der Waals surface area (Å²) in [6.07, 6.45) is 0. The molecule has 0 bridgehead atoms. The number of hydrogen-bond donors (Lipinski definition) is 2. The molecule has 21 heavy (non-hydrogen) atoms. The second-order valence-electron chi connectivity index (χ2n) is 5.22. The van der Waals surface area contributed by atoms with Crippen molar-refractivity contribution in [3.05, 3.63) is 42.0 Å². The average Bonchev–Trinajstić information content (AvgIpc) is 2.46. The lowest BCUT2D eigenvalue weighted by molar-refractivity contribution is -0.133. The molecule has 5 heteroatoms. The lowest BCUT2D eigenvalue weighted by Gasteiger charge is -2.22. The molecule has 2 rings (SSSR count). The maximum atomic E-state index is 12.1. The molecule has 0 atom stereocenters. The van der Waals surface area contributed by atoms with Crippen molar-refractivity contribution in [3.8, 4) is 0 Å². The van der Waals surface area contributed by atoms with Gasteiger partial charge in [-0.1, -0.05) is 24.3 Å². The molecule has 0 aliphatic heterocycles. The fourth-order valence-corrected chi connectivity index (χ4v) is 1.89. The summed E-state index contributed by atoms with van der Waals surface area (Å²) in [5.41, 5.74) is -0.730. The van der Waals surface area contributed by atoms with Crippen LogP contribution in [-0.2, 0) is 9.53 Å². The third-order valence-electron chi connectivity index (χ3n) is 3.42. The molecule has 2 aromatic carbocycles. The Balaban J connectivity index is 2.49. The van der Waals surface area contributed by atoms with Crippen LogP contribution in [0, 0.1) is 0 Å². The van der Waals surface area contributed by atoms with Crippen LogP contribution in [0.15, 0.2) is 36.4 Å². The third kappa shape index (κ3) is 3.03. The van der Waals surface area contributed by atoms with Gasteiger partial charge in [-0.15, -0.1) is 0 Å². The van der Waals surface area contributed by atoms with Gasteiger partial charge in [-0.2, -0.15) is 0 Å². The number of fused-ring (bicyclic) bond motifs is 1. The van der Waals surface area contributed by atoms with Gasteiger partial charge >= 0.3 is 5.97 Å². The number of nitrogens with one attached hydrogen (secondary N) is 1. The van der Waals surface area contributed by atoms with Crippen molar-refractivity contribution in [3.63, 3.8) is 0 Å². The highest BCUT2D eigenvalue weighted by Crippen LogP contribution is 2.25. The van der Waals surface area contributed by atoms with E-state index in [0.29, 0.717) is 0 Å². The molecule has 110 valence electrons. The Morgan fingerprint density at radius 1 is 1.14 bits per heavy atom. The SMILES string of the molecule is COC(C)(C)C(=O)Nc1cc2ccccc2cc1C(=O)O. The van der Waals surface area contributed by atoms with Crippen LogP contribution in [0.4, 0.5) is 5.69 Å². The van der Waals surface area contributed by atoms with Crippen molar-refractivity contribution in [1.82, 2.24) is 0 Å². The molecule has 0 saturated heterocycles. The molecule has 1 amide bonds. The molecule has 2 N–H and O–H groups in total. The molecule has 0 unspecified atom stereocenters. The van der Waals surface area contributed by atoms with Crippen LogP contribution in [0.5, 0.6) is 0 Å². The van der Waals surface area contributed by atoms with Crippen LogP contribution in [0.25, 0.3) is 10.8 Å². The summed E-state index contributed by atoms with van der Waals surface area (Å²) in [6.45, 7) is 3.23. The van der Waals surface area contributed by atoms with Crippen LogP contribution >= 0.6 is 0 Å². The number of aromatic carboxylic acids is 1. The second kappa shape index (κ2) is 5.54. The highest BCUT2D eigenvalue weighted by atomic mass is 16.5. The normalized spacial score (nSPS) is 11.4. The lowest BCUT2D eigenvalue weighted by atomic mass is 10.0. The van der Waals surface area contributed by atoms with Gasteiger partial charge in [-0.25, -0.2) is 4.79 Å². The van der Waals surface area contributed by atoms with Crippen LogP contribution in [0.3, 0.4) is 0 Å².